The van der Waals surface area contributed by atoms with Crippen molar-refractivity contribution in [3.05, 3.63) is 88.7 Å². The highest BCUT2D eigenvalue weighted by atomic mass is 35.5. The van der Waals surface area contributed by atoms with Gasteiger partial charge in [-0.1, -0.05) is 73.8 Å². The Kier molecular flexibility index (Phi) is 8.08. The fourth-order valence-corrected chi connectivity index (χ4v) is 5.14. The second-order valence-corrected chi connectivity index (χ2v) is 10.6. The van der Waals surface area contributed by atoms with E-state index >= 15 is 0 Å². The third kappa shape index (κ3) is 6.13. The van der Waals surface area contributed by atoms with Crippen LogP contribution in [0.25, 0.3) is 22.2 Å². The molecule has 2 N–H and O–H groups in total. The fourth-order valence-electron chi connectivity index (χ4n) is 4.05. The summed E-state index contributed by atoms with van der Waals surface area (Å²) in [5, 5.41) is 0.700. The van der Waals surface area contributed by atoms with Gasteiger partial charge < -0.3 is 4.57 Å². The number of nitrogens with zero attached hydrogens (tertiary/aromatic N) is 2. The predicted molar refractivity (Wildman–Crippen MR) is 144 cm³/mol. The van der Waals surface area contributed by atoms with Crippen molar-refractivity contribution < 1.29 is 13.2 Å². The summed E-state index contributed by atoms with van der Waals surface area (Å²) >= 11 is 6.33. The molecule has 9 heteroatoms. The Morgan fingerprint density at radius 1 is 1.03 bits per heavy atom. The first-order chi connectivity index (χ1) is 17.3. The highest BCUT2D eigenvalue weighted by Crippen LogP contribution is 2.28. The highest BCUT2D eigenvalue weighted by Gasteiger charge is 2.17. The maximum atomic E-state index is 12.7. The van der Waals surface area contributed by atoms with Crippen LogP contribution in [0.4, 0.5) is 0 Å². The minimum atomic E-state index is -3.93. The summed E-state index contributed by atoms with van der Waals surface area (Å²) in [4.78, 5) is 17.3. The summed E-state index contributed by atoms with van der Waals surface area (Å²) < 4.78 is 31.0. The van der Waals surface area contributed by atoms with Crippen LogP contribution in [0.2, 0.25) is 5.02 Å². The molecule has 0 atom stereocenters. The molecule has 1 aromatic heterocycles. The average Bonchev–Trinajstić information content (AvgIpc) is 3.16. The van der Waals surface area contributed by atoms with Crippen molar-refractivity contribution in [3.63, 3.8) is 0 Å². The topological polar surface area (TPSA) is 93.1 Å². The van der Waals surface area contributed by atoms with Crippen LogP contribution >= 0.6 is 11.6 Å². The first kappa shape index (κ1) is 25.9. The minimum Gasteiger partial charge on any atom is -0.324 e. The molecule has 4 rings (SSSR count). The van der Waals surface area contributed by atoms with Gasteiger partial charge in [0.15, 0.2) is 0 Å². The van der Waals surface area contributed by atoms with Gasteiger partial charge in [-0.25, -0.2) is 9.71 Å². The minimum absolute atomic E-state index is 0.247. The Labute approximate surface area is 216 Å². The molecule has 0 aliphatic carbocycles. The first-order valence-electron chi connectivity index (χ1n) is 11.9. The molecule has 3 aromatic carbocycles. The fraction of sp³-hybridized carbons (Fsp3) is 0.259. The van der Waals surface area contributed by atoms with Crippen molar-refractivity contribution in [2.24, 2.45) is 0 Å². The first-order valence-corrected chi connectivity index (χ1v) is 13.8. The molecule has 0 aliphatic rings. The maximum Gasteiger partial charge on any atom is 0.301 e. The van der Waals surface area contributed by atoms with Crippen LogP contribution < -0.4 is 9.44 Å². The Bertz CT molecular complexity index is 1480. The quantitative estimate of drug-likeness (QED) is 0.269. The molecular weight excluding hydrogens is 496 g/mol. The lowest BCUT2D eigenvalue weighted by Crippen LogP contribution is -2.40. The van der Waals surface area contributed by atoms with E-state index in [1.165, 1.54) is 0 Å². The number of imidazole rings is 1. The Morgan fingerprint density at radius 2 is 1.78 bits per heavy atom. The van der Waals surface area contributed by atoms with E-state index < -0.39 is 16.1 Å². The molecule has 7 nitrogen and oxygen atoms in total. The molecule has 4 aromatic rings. The molecule has 0 unspecified atom stereocenters. The molecule has 0 aliphatic heterocycles. The van der Waals surface area contributed by atoms with Gasteiger partial charge >= 0.3 is 10.2 Å². The van der Waals surface area contributed by atoms with E-state index in [1.54, 1.807) is 18.2 Å². The lowest BCUT2D eigenvalue weighted by Gasteiger charge is -2.11. The molecule has 0 saturated carbocycles. The zero-order chi connectivity index (χ0) is 25.7. The van der Waals surface area contributed by atoms with Crippen LogP contribution in [-0.4, -0.2) is 30.4 Å². The summed E-state index contributed by atoms with van der Waals surface area (Å²) in [7, 11) is -3.93. The molecule has 36 heavy (non-hydrogen) atoms. The Hall–Kier alpha value is -3.20. The van der Waals surface area contributed by atoms with Crippen molar-refractivity contribution in [1.29, 1.82) is 0 Å². The van der Waals surface area contributed by atoms with Gasteiger partial charge in [0.05, 0.1) is 11.0 Å². The third-order valence-electron chi connectivity index (χ3n) is 5.98. The number of aryl methyl sites for hydroxylation is 1. The number of rotatable bonds is 10. The predicted octanol–water partition coefficient (Wildman–Crippen LogP) is 5.47. The summed E-state index contributed by atoms with van der Waals surface area (Å²) in [6.07, 6.45) is 2.61. The van der Waals surface area contributed by atoms with Crippen LogP contribution in [-0.2, 0) is 16.8 Å². The van der Waals surface area contributed by atoms with Gasteiger partial charge in [0.1, 0.15) is 5.82 Å². The molecule has 188 valence electrons. The summed E-state index contributed by atoms with van der Waals surface area (Å²) in [5.41, 5.74) is 4.79. The van der Waals surface area contributed by atoms with Gasteiger partial charge in [-0.05, 0) is 48.7 Å². The van der Waals surface area contributed by atoms with E-state index in [2.05, 4.69) is 14.4 Å². The largest absolute Gasteiger partial charge is 0.324 e. The SMILES string of the molecule is CCCCCNS(=O)(=O)NC(=O)c1ccc2nc(C)n(Cc3ccc(-c4ccccc4Cl)cc3)c2c1. The number of benzene rings is 3. The number of hydrogen-bond acceptors (Lipinski definition) is 4. The van der Waals surface area contributed by atoms with Crippen LogP contribution in [0.3, 0.4) is 0 Å². The van der Waals surface area contributed by atoms with Crippen molar-refractivity contribution in [2.75, 3.05) is 6.54 Å². The molecule has 0 radical (unpaired) electrons. The Balaban J connectivity index is 1.53. The number of halogens is 1. The van der Waals surface area contributed by atoms with Gasteiger partial charge in [0.25, 0.3) is 5.91 Å². The monoisotopic (exact) mass is 524 g/mol. The summed E-state index contributed by atoms with van der Waals surface area (Å²) in [5.74, 6) is 0.109. The van der Waals surface area contributed by atoms with Gasteiger partial charge in [-0.3, -0.25) is 4.79 Å². The lowest BCUT2D eigenvalue weighted by atomic mass is 10.0. The molecule has 0 saturated heterocycles. The highest BCUT2D eigenvalue weighted by molar-refractivity contribution is 7.88. The molecule has 1 heterocycles. The van der Waals surface area contributed by atoms with Gasteiger partial charge in [-0.2, -0.15) is 13.1 Å². The zero-order valence-electron chi connectivity index (χ0n) is 20.3. The number of carbonyl (C=O) groups excluding carboxylic acids is 1. The normalized spacial score (nSPS) is 11.6. The van der Waals surface area contributed by atoms with E-state index in [0.717, 1.165) is 52.8 Å². The molecule has 0 fully saturated rings. The lowest BCUT2D eigenvalue weighted by molar-refractivity contribution is 0.0981. The van der Waals surface area contributed by atoms with E-state index in [4.69, 9.17) is 11.6 Å². The van der Waals surface area contributed by atoms with E-state index in [9.17, 15) is 13.2 Å². The van der Waals surface area contributed by atoms with Crippen molar-refractivity contribution in [3.8, 4) is 11.1 Å². The van der Waals surface area contributed by atoms with Gasteiger partial charge in [-0.15, -0.1) is 0 Å². The number of unbranched alkanes of at least 4 members (excludes halogenated alkanes) is 2. The number of nitrogens with one attached hydrogen (secondary N) is 2. The van der Waals surface area contributed by atoms with Crippen LogP contribution in [0.5, 0.6) is 0 Å². The summed E-state index contributed by atoms with van der Waals surface area (Å²) in [6.45, 7) is 4.78. The van der Waals surface area contributed by atoms with Crippen molar-refractivity contribution >= 4 is 38.8 Å². The second-order valence-electron chi connectivity index (χ2n) is 8.66. The van der Waals surface area contributed by atoms with Crippen LogP contribution in [0, 0.1) is 6.92 Å². The molecular formula is C27H29ClN4O3S. The number of carbonyl (C=O) groups is 1. The van der Waals surface area contributed by atoms with Crippen molar-refractivity contribution in [1.82, 2.24) is 19.0 Å². The smallest absolute Gasteiger partial charge is 0.301 e. The summed E-state index contributed by atoms with van der Waals surface area (Å²) in [6, 6.07) is 20.8. The third-order valence-corrected chi connectivity index (χ3v) is 7.35. The van der Waals surface area contributed by atoms with E-state index in [-0.39, 0.29) is 12.1 Å². The van der Waals surface area contributed by atoms with E-state index in [1.807, 2.05) is 66.9 Å². The van der Waals surface area contributed by atoms with Crippen LogP contribution in [0.1, 0.15) is 47.9 Å². The molecule has 0 spiro atoms. The molecule has 0 bridgehead atoms. The van der Waals surface area contributed by atoms with Gasteiger partial charge in [0, 0.05) is 29.2 Å². The van der Waals surface area contributed by atoms with E-state index in [0.29, 0.717) is 11.6 Å². The number of fused-ring (bicyclic) bond motifs is 1. The van der Waals surface area contributed by atoms with Crippen LogP contribution in [0.15, 0.2) is 66.7 Å². The molecule has 1 amide bonds. The maximum absolute atomic E-state index is 12.7. The average molecular weight is 525 g/mol. The second kappa shape index (κ2) is 11.2. The van der Waals surface area contributed by atoms with Gasteiger partial charge in [0.2, 0.25) is 0 Å². The standard InChI is InChI=1S/C27H29ClN4O3S/c1-3-4-7-16-29-36(34,35)31-27(33)22-14-15-25-26(17-22)32(19(2)30-25)18-20-10-12-21(13-11-20)23-8-5-6-9-24(23)28/h5-6,8-15,17,29H,3-4,7,16,18H2,1-2H3,(H,31,33). The van der Waals surface area contributed by atoms with Crippen molar-refractivity contribution in [2.45, 2.75) is 39.7 Å². The Morgan fingerprint density at radius 3 is 2.50 bits per heavy atom. The number of aromatic nitrogens is 2. The number of amides is 1. The number of hydrogen-bond donors (Lipinski definition) is 2. The zero-order valence-corrected chi connectivity index (χ0v) is 21.9.